The monoisotopic (exact) mass is 300 g/mol. The van der Waals surface area contributed by atoms with E-state index in [1.165, 1.54) is 0 Å². The van der Waals surface area contributed by atoms with E-state index in [4.69, 9.17) is 9.47 Å². The molecule has 0 spiro atoms. The van der Waals surface area contributed by atoms with Gasteiger partial charge in [0.05, 0.1) is 6.61 Å². The van der Waals surface area contributed by atoms with Crippen molar-refractivity contribution in [1.82, 2.24) is 9.80 Å². The number of carbonyl (C=O) groups is 2. The van der Waals surface area contributed by atoms with Gasteiger partial charge in [-0.2, -0.15) is 0 Å². The molecule has 0 aliphatic carbocycles. The quantitative estimate of drug-likeness (QED) is 0.812. The summed E-state index contributed by atoms with van der Waals surface area (Å²) in [5, 5.41) is 9.52. The lowest BCUT2D eigenvalue weighted by molar-refractivity contribution is -0.153. The van der Waals surface area contributed by atoms with Crippen molar-refractivity contribution in [3.63, 3.8) is 0 Å². The van der Waals surface area contributed by atoms with Crippen LogP contribution in [0.2, 0.25) is 0 Å². The van der Waals surface area contributed by atoms with Crippen LogP contribution in [0.15, 0.2) is 0 Å². The zero-order chi connectivity index (χ0) is 15.7. The average molecular weight is 300 g/mol. The highest BCUT2D eigenvalue weighted by molar-refractivity contribution is 5.79. The maximum atomic E-state index is 12.0. The number of ether oxygens (including phenoxy) is 2. The van der Waals surface area contributed by atoms with Crippen LogP contribution < -0.4 is 0 Å². The molecule has 0 aromatic rings. The van der Waals surface area contributed by atoms with Gasteiger partial charge in [-0.3, -0.25) is 9.69 Å². The molecule has 2 aliphatic rings. The predicted octanol–water partition coefficient (Wildman–Crippen LogP) is 0.783. The van der Waals surface area contributed by atoms with Gasteiger partial charge in [0.25, 0.3) is 0 Å². The molecule has 1 amide bonds. The van der Waals surface area contributed by atoms with E-state index in [2.05, 4.69) is 0 Å². The van der Waals surface area contributed by atoms with Crippen LogP contribution in [0.25, 0.3) is 0 Å². The molecular weight excluding hydrogens is 276 g/mol. The van der Waals surface area contributed by atoms with Crippen LogP contribution in [-0.4, -0.2) is 77.5 Å². The van der Waals surface area contributed by atoms with Gasteiger partial charge < -0.3 is 19.5 Å². The zero-order valence-electron chi connectivity index (χ0n) is 12.9. The molecule has 0 unspecified atom stereocenters. The summed E-state index contributed by atoms with van der Waals surface area (Å²) in [6.07, 6.45) is 0.156. The number of carboxylic acids is 1. The minimum absolute atomic E-state index is 0.217. The third-order valence-electron chi connectivity index (χ3n) is 3.94. The molecule has 2 aliphatic heterocycles. The van der Waals surface area contributed by atoms with Crippen LogP contribution in [-0.2, 0) is 14.3 Å². The van der Waals surface area contributed by atoms with E-state index >= 15 is 0 Å². The van der Waals surface area contributed by atoms with Crippen LogP contribution in [0.3, 0.4) is 0 Å². The second-order valence-corrected chi connectivity index (χ2v) is 6.59. The Balaban J connectivity index is 1.94. The second kappa shape index (κ2) is 5.81. The number of carboxylic acid groups (broad SMARTS) is 1. The summed E-state index contributed by atoms with van der Waals surface area (Å²) in [5.41, 5.74) is -1.45. The summed E-state index contributed by atoms with van der Waals surface area (Å²) in [5.74, 6) is -0.842. The molecule has 0 radical (unpaired) electrons. The molecule has 120 valence electrons. The number of rotatable bonds is 2. The number of aliphatic carboxylic acids is 1. The van der Waals surface area contributed by atoms with Crippen molar-refractivity contribution < 1.29 is 24.2 Å². The second-order valence-electron chi connectivity index (χ2n) is 6.59. The lowest BCUT2D eigenvalue weighted by Gasteiger charge is -2.42. The minimum Gasteiger partial charge on any atom is -0.480 e. The zero-order valence-corrected chi connectivity index (χ0v) is 12.9. The maximum absolute atomic E-state index is 12.0. The summed E-state index contributed by atoms with van der Waals surface area (Å²) in [7, 11) is 0. The van der Waals surface area contributed by atoms with Crippen molar-refractivity contribution in [3.05, 3.63) is 0 Å². The van der Waals surface area contributed by atoms with Gasteiger partial charge in [-0.25, -0.2) is 4.79 Å². The van der Waals surface area contributed by atoms with E-state index in [0.717, 1.165) is 0 Å². The first-order valence-corrected chi connectivity index (χ1v) is 7.29. The standard InChI is InChI=1S/C14H24N2O5/c1-13(2,3)21-12(19)15-5-7-16(8-6-15)14(11(17)18)4-9-20-10-14/h4-10H2,1-3H3,(H,17,18)/t14-/m1/s1. The molecule has 21 heavy (non-hydrogen) atoms. The fourth-order valence-electron chi connectivity index (χ4n) is 2.75. The van der Waals surface area contributed by atoms with Gasteiger partial charge in [0.15, 0.2) is 0 Å². The molecule has 2 saturated heterocycles. The topological polar surface area (TPSA) is 79.3 Å². The van der Waals surface area contributed by atoms with Gasteiger partial charge in [0.1, 0.15) is 11.1 Å². The largest absolute Gasteiger partial charge is 0.480 e. The Hall–Kier alpha value is -1.34. The first-order valence-electron chi connectivity index (χ1n) is 7.29. The lowest BCUT2D eigenvalue weighted by atomic mass is 9.95. The van der Waals surface area contributed by atoms with Crippen molar-refractivity contribution in [2.24, 2.45) is 0 Å². The fraction of sp³-hybridized carbons (Fsp3) is 0.857. The number of nitrogens with zero attached hydrogens (tertiary/aromatic N) is 2. The summed E-state index contributed by atoms with van der Waals surface area (Å²) in [6, 6.07) is 0. The molecule has 7 heteroatoms. The van der Waals surface area contributed by atoms with E-state index in [1.54, 1.807) is 4.90 Å². The molecule has 1 atom stereocenters. The number of hydrogen-bond donors (Lipinski definition) is 1. The van der Waals surface area contributed by atoms with Crippen molar-refractivity contribution in [2.75, 3.05) is 39.4 Å². The van der Waals surface area contributed by atoms with Crippen molar-refractivity contribution in [2.45, 2.75) is 38.3 Å². The van der Waals surface area contributed by atoms with E-state index in [1.807, 2.05) is 25.7 Å². The van der Waals surface area contributed by atoms with Crippen LogP contribution >= 0.6 is 0 Å². The number of hydrogen-bond acceptors (Lipinski definition) is 5. The van der Waals surface area contributed by atoms with Gasteiger partial charge >= 0.3 is 12.1 Å². The van der Waals surface area contributed by atoms with E-state index in [-0.39, 0.29) is 12.7 Å². The average Bonchev–Trinajstić information content (AvgIpc) is 2.87. The van der Waals surface area contributed by atoms with Gasteiger partial charge in [-0.15, -0.1) is 0 Å². The molecule has 0 aromatic carbocycles. The van der Waals surface area contributed by atoms with Gasteiger partial charge in [0, 0.05) is 39.2 Å². The third-order valence-corrected chi connectivity index (χ3v) is 3.94. The SMILES string of the molecule is CC(C)(C)OC(=O)N1CCN([C@]2(C(=O)O)CCOC2)CC1. The molecule has 2 fully saturated rings. The van der Waals surface area contributed by atoms with Crippen LogP contribution in [0.1, 0.15) is 27.2 Å². The van der Waals surface area contributed by atoms with Crippen LogP contribution in [0, 0.1) is 0 Å². The highest BCUT2D eigenvalue weighted by atomic mass is 16.6. The predicted molar refractivity (Wildman–Crippen MR) is 75.2 cm³/mol. The Morgan fingerprint density at radius 1 is 1.19 bits per heavy atom. The highest BCUT2D eigenvalue weighted by Gasteiger charge is 2.48. The first-order chi connectivity index (χ1) is 9.74. The number of carbonyl (C=O) groups excluding carboxylic acids is 1. The summed E-state index contributed by atoms with van der Waals surface area (Å²) in [4.78, 5) is 27.2. The summed E-state index contributed by atoms with van der Waals surface area (Å²) in [6.45, 7) is 8.17. The van der Waals surface area contributed by atoms with Crippen LogP contribution in [0.5, 0.6) is 0 Å². The van der Waals surface area contributed by atoms with Gasteiger partial charge in [0.2, 0.25) is 0 Å². The lowest BCUT2D eigenvalue weighted by Crippen LogP contribution is -2.62. The first kappa shape index (κ1) is 16.0. The van der Waals surface area contributed by atoms with Gasteiger partial charge in [-0.1, -0.05) is 0 Å². The Bertz CT molecular complexity index is 404. The third kappa shape index (κ3) is 3.47. The van der Waals surface area contributed by atoms with E-state index < -0.39 is 17.1 Å². The Labute approximate surface area is 124 Å². The van der Waals surface area contributed by atoms with E-state index in [0.29, 0.717) is 39.2 Å². The van der Waals surface area contributed by atoms with Crippen molar-refractivity contribution in [1.29, 1.82) is 0 Å². The molecule has 2 rings (SSSR count). The maximum Gasteiger partial charge on any atom is 0.410 e. The Kier molecular flexibility index (Phi) is 4.43. The Morgan fingerprint density at radius 3 is 2.24 bits per heavy atom. The minimum atomic E-state index is -0.931. The molecule has 1 N–H and O–H groups in total. The molecule has 0 aromatic heterocycles. The van der Waals surface area contributed by atoms with Crippen LogP contribution in [0.4, 0.5) is 4.79 Å². The normalized spacial score (nSPS) is 27.7. The van der Waals surface area contributed by atoms with Crippen molar-refractivity contribution in [3.8, 4) is 0 Å². The highest BCUT2D eigenvalue weighted by Crippen LogP contribution is 2.28. The summed E-state index contributed by atoms with van der Waals surface area (Å²) >= 11 is 0. The summed E-state index contributed by atoms with van der Waals surface area (Å²) < 4.78 is 10.6. The number of piperazine rings is 1. The molecule has 2 heterocycles. The fourth-order valence-corrected chi connectivity index (χ4v) is 2.75. The molecule has 0 bridgehead atoms. The van der Waals surface area contributed by atoms with E-state index in [9.17, 15) is 14.7 Å². The Morgan fingerprint density at radius 2 is 1.81 bits per heavy atom. The van der Waals surface area contributed by atoms with Crippen molar-refractivity contribution >= 4 is 12.1 Å². The smallest absolute Gasteiger partial charge is 0.410 e. The number of amides is 1. The molecule has 7 nitrogen and oxygen atoms in total. The molecular formula is C14H24N2O5. The van der Waals surface area contributed by atoms with Gasteiger partial charge in [-0.05, 0) is 20.8 Å². The molecule has 0 saturated carbocycles.